The van der Waals surface area contributed by atoms with E-state index < -0.39 is 0 Å². The second-order valence-corrected chi connectivity index (χ2v) is 4.59. The van der Waals surface area contributed by atoms with Crippen molar-refractivity contribution in [3.05, 3.63) is 24.2 Å². The maximum Gasteiger partial charge on any atom is 0.166 e. The first-order valence-corrected chi connectivity index (χ1v) is 6.01. The molecule has 1 aliphatic rings. The Hall–Kier alpha value is -1.09. The van der Waals surface area contributed by atoms with Gasteiger partial charge >= 0.3 is 0 Å². The van der Waals surface area contributed by atoms with Crippen molar-refractivity contribution in [2.75, 3.05) is 0 Å². The van der Waals surface area contributed by atoms with Gasteiger partial charge in [0.15, 0.2) is 5.78 Å². The molecule has 1 fully saturated rings. The Balaban J connectivity index is 1.80. The monoisotopic (exact) mass is 222 g/mol. The number of aliphatic hydroxyl groups is 1. The minimum atomic E-state index is -0.203. The van der Waals surface area contributed by atoms with E-state index in [1.54, 1.807) is 6.07 Å². The molecule has 0 bridgehead atoms. The minimum Gasteiger partial charge on any atom is -0.472 e. The summed E-state index contributed by atoms with van der Waals surface area (Å²) < 4.78 is 4.88. The molecular formula is C13H18O3. The third-order valence-electron chi connectivity index (χ3n) is 3.45. The van der Waals surface area contributed by atoms with Crippen LogP contribution in [0.5, 0.6) is 0 Å². The molecule has 16 heavy (non-hydrogen) atoms. The highest BCUT2D eigenvalue weighted by atomic mass is 16.3. The number of rotatable bonds is 4. The average Bonchev–Trinajstić information content (AvgIpc) is 2.81. The van der Waals surface area contributed by atoms with E-state index in [1.165, 1.54) is 18.9 Å². The third kappa shape index (κ3) is 2.73. The topological polar surface area (TPSA) is 50.4 Å². The molecule has 1 saturated carbocycles. The first-order valence-electron chi connectivity index (χ1n) is 6.01. The van der Waals surface area contributed by atoms with E-state index in [1.807, 2.05) is 0 Å². The summed E-state index contributed by atoms with van der Waals surface area (Å²) in [6.45, 7) is 0. The molecule has 1 N–H and O–H groups in total. The van der Waals surface area contributed by atoms with Crippen molar-refractivity contribution in [3.63, 3.8) is 0 Å². The molecule has 0 aliphatic heterocycles. The van der Waals surface area contributed by atoms with E-state index in [9.17, 15) is 9.90 Å². The number of aliphatic hydroxyl groups excluding tert-OH is 1. The summed E-state index contributed by atoms with van der Waals surface area (Å²) in [5.74, 6) is 0.427. The largest absolute Gasteiger partial charge is 0.472 e. The van der Waals surface area contributed by atoms with E-state index in [-0.39, 0.29) is 11.9 Å². The Morgan fingerprint density at radius 1 is 1.44 bits per heavy atom. The molecule has 2 atom stereocenters. The number of carbonyl (C=O) groups is 1. The Bertz CT molecular complexity index is 329. The predicted octanol–water partition coefficient (Wildman–Crippen LogP) is 2.79. The summed E-state index contributed by atoms with van der Waals surface area (Å²) >= 11 is 0. The van der Waals surface area contributed by atoms with Gasteiger partial charge in [-0.2, -0.15) is 0 Å². The van der Waals surface area contributed by atoms with Gasteiger partial charge in [0.2, 0.25) is 0 Å². The van der Waals surface area contributed by atoms with Crippen LogP contribution in [0.4, 0.5) is 0 Å². The lowest BCUT2D eigenvalue weighted by Crippen LogP contribution is -2.24. The van der Waals surface area contributed by atoms with Crippen LogP contribution < -0.4 is 0 Å². The van der Waals surface area contributed by atoms with Gasteiger partial charge in [0.1, 0.15) is 6.26 Å². The van der Waals surface area contributed by atoms with Crippen LogP contribution in [0, 0.1) is 5.92 Å². The Morgan fingerprint density at radius 3 is 2.94 bits per heavy atom. The second-order valence-electron chi connectivity index (χ2n) is 4.59. The zero-order valence-corrected chi connectivity index (χ0v) is 9.39. The Morgan fingerprint density at radius 2 is 2.25 bits per heavy atom. The number of carbonyl (C=O) groups excluding carboxylic acids is 1. The van der Waals surface area contributed by atoms with Crippen LogP contribution >= 0.6 is 0 Å². The van der Waals surface area contributed by atoms with Crippen LogP contribution in [0.3, 0.4) is 0 Å². The molecule has 2 rings (SSSR count). The standard InChI is InChI=1S/C13H18O3/c14-12-4-2-1-3-10(12)5-6-13(15)11-7-8-16-9-11/h7-10,12,14H,1-6H2. The SMILES string of the molecule is O=C(CCC1CCCCC1O)c1ccoc1. The molecule has 1 aliphatic carbocycles. The third-order valence-corrected chi connectivity index (χ3v) is 3.45. The lowest BCUT2D eigenvalue weighted by molar-refractivity contribution is 0.0623. The lowest BCUT2D eigenvalue weighted by atomic mass is 9.83. The molecule has 0 amide bonds. The first kappa shape index (κ1) is 11.4. The van der Waals surface area contributed by atoms with E-state index in [0.29, 0.717) is 17.9 Å². The smallest absolute Gasteiger partial charge is 0.166 e. The number of furan rings is 1. The van der Waals surface area contributed by atoms with Crippen molar-refractivity contribution in [2.24, 2.45) is 5.92 Å². The van der Waals surface area contributed by atoms with Crippen molar-refractivity contribution in [3.8, 4) is 0 Å². The van der Waals surface area contributed by atoms with Gasteiger partial charge in [-0.25, -0.2) is 0 Å². The second kappa shape index (κ2) is 5.30. The van der Waals surface area contributed by atoms with Gasteiger partial charge in [-0.1, -0.05) is 12.8 Å². The normalized spacial score (nSPS) is 25.6. The molecule has 1 aromatic heterocycles. The minimum absolute atomic E-state index is 0.117. The fourth-order valence-electron chi connectivity index (χ4n) is 2.41. The molecule has 1 aromatic rings. The molecule has 0 spiro atoms. The van der Waals surface area contributed by atoms with E-state index in [0.717, 1.165) is 25.7 Å². The van der Waals surface area contributed by atoms with Crippen molar-refractivity contribution in [1.82, 2.24) is 0 Å². The maximum absolute atomic E-state index is 11.7. The van der Waals surface area contributed by atoms with Gasteiger partial charge in [0, 0.05) is 6.42 Å². The highest BCUT2D eigenvalue weighted by molar-refractivity contribution is 5.95. The fourth-order valence-corrected chi connectivity index (χ4v) is 2.41. The van der Waals surface area contributed by atoms with E-state index in [4.69, 9.17) is 4.42 Å². The molecule has 1 heterocycles. The molecule has 2 unspecified atom stereocenters. The molecule has 3 nitrogen and oxygen atoms in total. The first-order chi connectivity index (χ1) is 7.77. The predicted molar refractivity (Wildman–Crippen MR) is 60.2 cm³/mol. The van der Waals surface area contributed by atoms with Crippen molar-refractivity contribution in [1.29, 1.82) is 0 Å². The highest BCUT2D eigenvalue weighted by Gasteiger charge is 2.23. The number of Topliss-reactive ketones (excluding diaryl/α,β-unsaturated/α-hetero) is 1. The summed E-state index contributed by atoms with van der Waals surface area (Å²) in [7, 11) is 0. The van der Waals surface area contributed by atoms with Crippen LogP contribution in [-0.2, 0) is 0 Å². The molecule has 0 aromatic carbocycles. The quantitative estimate of drug-likeness (QED) is 0.797. The van der Waals surface area contributed by atoms with Crippen LogP contribution in [-0.4, -0.2) is 17.0 Å². The molecule has 88 valence electrons. The van der Waals surface area contributed by atoms with Crippen molar-refractivity contribution < 1.29 is 14.3 Å². The summed E-state index contributed by atoms with van der Waals surface area (Å²) in [5.41, 5.74) is 0.644. The van der Waals surface area contributed by atoms with Crippen LogP contribution in [0.2, 0.25) is 0 Å². The Kier molecular flexibility index (Phi) is 3.78. The zero-order valence-electron chi connectivity index (χ0n) is 9.39. The zero-order chi connectivity index (χ0) is 11.4. The summed E-state index contributed by atoms with van der Waals surface area (Å²) in [6, 6.07) is 1.69. The van der Waals surface area contributed by atoms with Gasteiger partial charge in [-0.3, -0.25) is 4.79 Å². The van der Waals surface area contributed by atoms with Crippen molar-refractivity contribution >= 4 is 5.78 Å². The molecular weight excluding hydrogens is 204 g/mol. The molecule has 0 radical (unpaired) electrons. The van der Waals surface area contributed by atoms with Gasteiger partial charge in [0.05, 0.1) is 17.9 Å². The lowest BCUT2D eigenvalue weighted by Gasteiger charge is -2.27. The van der Waals surface area contributed by atoms with Gasteiger partial charge in [-0.15, -0.1) is 0 Å². The summed E-state index contributed by atoms with van der Waals surface area (Å²) in [4.78, 5) is 11.7. The number of hydrogen-bond donors (Lipinski definition) is 1. The Labute approximate surface area is 95.5 Å². The number of ketones is 1. The fraction of sp³-hybridized carbons (Fsp3) is 0.615. The average molecular weight is 222 g/mol. The summed E-state index contributed by atoms with van der Waals surface area (Å²) in [6.07, 6.45) is 8.36. The van der Waals surface area contributed by atoms with Gasteiger partial charge in [-0.05, 0) is 31.2 Å². The van der Waals surface area contributed by atoms with Crippen molar-refractivity contribution in [2.45, 2.75) is 44.6 Å². The maximum atomic E-state index is 11.7. The van der Waals surface area contributed by atoms with Crippen LogP contribution in [0.1, 0.15) is 48.9 Å². The highest BCUT2D eigenvalue weighted by Crippen LogP contribution is 2.28. The van der Waals surface area contributed by atoms with Crippen LogP contribution in [0.25, 0.3) is 0 Å². The van der Waals surface area contributed by atoms with Gasteiger partial charge in [0.25, 0.3) is 0 Å². The van der Waals surface area contributed by atoms with E-state index in [2.05, 4.69) is 0 Å². The van der Waals surface area contributed by atoms with Crippen LogP contribution in [0.15, 0.2) is 23.0 Å². The summed E-state index contributed by atoms with van der Waals surface area (Å²) in [5, 5.41) is 9.78. The number of hydrogen-bond acceptors (Lipinski definition) is 3. The molecule has 3 heteroatoms. The van der Waals surface area contributed by atoms with E-state index >= 15 is 0 Å². The van der Waals surface area contributed by atoms with Gasteiger partial charge < -0.3 is 9.52 Å². The molecule has 0 saturated heterocycles.